The molecule has 0 bridgehead atoms. The Labute approximate surface area is 169 Å². The summed E-state index contributed by atoms with van der Waals surface area (Å²) in [5.74, 6) is -0.0887. The van der Waals surface area contributed by atoms with Gasteiger partial charge in [0.2, 0.25) is 11.8 Å². The molecule has 2 saturated heterocycles. The molecular weight excluding hydrogens is 370 g/mol. The zero-order valence-electron chi connectivity index (χ0n) is 16.0. The maximum Gasteiger partial charge on any atom is 0.228 e. The van der Waals surface area contributed by atoms with Crippen LogP contribution in [-0.2, 0) is 9.59 Å². The van der Waals surface area contributed by atoms with Gasteiger partial charge in [0, 0.05) is 48.6 Å². The van der Waals surface area contributed by atoms with Crippen molar-refractivity contribution in [2.24, 2.45) is 11.7 Å². The van der Waals surface area contributed by atoms with Crippen LogP contribution in [0, 0.1) is 5.92 Å². The predicted molar refractivity (Wildman–Crippen MR) is 112 cm³/mol. The summed E-state index contributed by atoms with van der Waals surface area (Å²) >= 11 is 1.64. The van der Waals surface area contributed by atoms with Crippen molar-refractivity contribution < 1.29 is 9.59 Å². The summed E-state index contributed by atoms with van der Waals surface area (Å²) in [4.78, 5) is 30.4. The molecule has 0 spiro atoms. The van der Waals surface area contributed by atoms with E-state index in [1.54, 1.807) is 16.7 Å². The highest BCUT2D eigenvalue weighted by Gasteiger charge is 2.41. The first-order valence-electron chi connectivity index (χ1n) is 9.60. The van der Waals surface area contributed by atoms with E-state index in [1.165, 1.54) is 5.56 Å². The number of carbonyl (C=O) groups is 2. The Morgan fingerprint density at radius 3 is 2.61 bits per heavy atom. The molecule has 0 aromatic heterocycles. The normalized spacial score (nSPS) is 24.8. The molecular formula is C22H25N3O2S. The number of thioether (sulfide) groups is 1. The van der Waals surface area contributed by atoms with Crippen LogP contribution in [0.25, 0.3) is 0 Å². The van der Waals surface area contributed by atoms with E-state index in [0.717, 1.165) is 10.6 Å². The molecule has 2 aliphatic heterocycles. The molecule has 3 atom stereocenters. The number of anilines is 1. The fourth-order valence-corrected chi connectivity index (χ4v) is 4.67. The Bertz CT molecular complexity index is 873. The average Bonchev–Trinajstić information content (AvgIpc) is 3.31. The molecule has 2 N–H and O–H groups in total. The first-order valence-corrected chi connectivity index (χ1v) is 10.8. The van der Waals surface area contributed by atoms with E-state index in [2.05, 4.69) is 12.1 Å². The van der Waals surface area contributed by atoms with E-state index in [-0.39, 0.29) is 36.1 Å². The molecule has 2 aromatic carbocycles. The molecule has 2 aromatic rings. The van der Waals surface area contributed by atoms with Gasteiger partial charge < -0.3 is 15.5 Å². The summed E-state index contributed by atoms with van der Waals surface area (Å²) in [6.07, 6.45) is 2.28. The summed E-state index contributed by atoms with van der Waals surface area (Å²) in [7, 11) is 0. The SMILES string of the molecule is CSc1cccc(N2CC(C(=O)N3C[C@@H](N)[C@H](c4ccccc4)C3)CC2=O)c1. The number of rotatable bonds is 4. The third-order valence-corrected chi connectivity index (χ3v) is 6.47. The minimum Gasteiger partial charge on any atom is -0.340 e. The fraction of sp³-hybridized carbons (Fsp3) is 0.364. The molecule has 2 heterocycles. The van der Waals surface area contributed by atoms with Gasteiger partial charge in [-0.25, -0.2) is 0 Å². The van der Waals surface area contributed by atoms with Crippen molar-refractivity contribution >= 4 is 29.3 Å². The third-order valence-electron chi connectivity index (χ3n) is 5.74. The topological polar surface area (TPSA) is 66.6 Å². The van der Waals surface area contributed by atoms with E-state index in [0.29, 0.717) is 19.6 Å². The summed E-state index contributed by atoms with van der Waals surface area (Å²) in [5.41, 5.74) is 8.38. The van der Waals surface area contributed by atoms with Crippen LogP contribution in [0.2, 0.25) is 0 Å². The van der Waals surface area contributed by atoms with E-state index in [9.17, 15) is 9.59 Å². The van der Waals surface area contributed by atoms with Gasteiger partial charge in [-0.15, -0.1) is 11.8 Å². The number of nitrogens with two attached hydrogens (primary N) is 1. The van der Waals surface area contributed by atoms with Crippen LogP contribution in [0.15, 0.2) is 59.5 Å². The predicted octanol–water partition coefficient (Wildman–Crippen LogP) is 2.71. The third kappa shape index (κ3) is 3.66. The van der Waals surface area contributed by atoms with Gasteiger partial charge in [-0.1, -0.05) is 36.4 Å². The molecule has 5 nitrogen and oxygen atoms in total. The number of hydrogen-bond acceptors (Lipinski definition) is 4. The highest BCUT2D eigenvalue weighted by atomic mass is 32.2. The van der Waals surface area contributed by atoms with E-state index >= 15 is 0 Å². The molecule has 0 saturated carbocycles. The Kier molecular flexibility index (Phi) is 5.42. The number of hydrogen-bond donors (Lipinski definition) is 1. The van der Waals surface area contributed by atoms with E-state index in [4.69, 9.17) is 5.73 Å². The van der Waals surface area contributed by atoms with Crippen molar-refractivity contribution in [3.63, 3.8) is 0 Å². The smallest absolute Gasteiger partial charge is 0.228 e. The molecule has 1 unspecified atom stereocenters. The van der Waals surface area contributed by atoms with E-state index in [1.807, 2.05) is 53.6 Å². The van der Waals surface area contributed by atoms with Crippen molar-refractivity contribution in [2.45, 2.75) is 23.3 Å². The van der Waals surface area contributed by atoms with Crippen LogP contribution in [0.3, 0.4) is 0 Å². The number of benzene rings is 2. The summed E-state index contributed by atoms with van der Waals surface area (Å²) in [5, 5.41) is 0. The van der Waals surface area contributed by atoms with Gasteiger partial charge in [-0.2, -0.15) is 0 Å². The van der Waals surface area contributed by atoms with Crippen molar-refractivity contribution in [3.05, 3.63) is 60.2 Å². The Morgan fingerprint density at radius 1 is 1.07 bits per heavy atom. The van der Waals surface area contributed by atoms with Crippen LogP contribution in [-0.4, -0.2) is 48.6 Å². The molecule has 4 rings (SSSR count). The summed E-state index contributed by atoms with van der Waals surface area (Å²) in [6.45, 7) is 1.61. The lowest BCUT2D eigenvalue weighted by atomic mass is 9.95. The van der Waals surface area contributed by atoms with Crippen molar-refractivity contribution in [2.75, 3.05) is 30.8 Å². The monoisotopic (exact) mass is 395 g/mol. The number of nitrogens with zero attached hydrogens (tertiary/aromatic N) is 2. The molecule has 2 aliphatic rings. The van der Waals surface area contributed by atoms with Crippen LogP contribution < -0.4 is 10.6 Å². The first-order chi connectivity index (χ1) is 13.6. The second-order valence-corrected chi connectivity index (χ2v) is 8.41. The zero-order valence-corrected chi connectivity index (χ0v) is 16.8. The lowest BCUT2D eigenvalue weighted by Gasteiger charge is -2.21. The van der Waals surface area contributed by atoms with Gasteiger partial charge in [-0.05, 0) is 30.0 Å². The lowest BCUT2D eigenvalue weighted by Crippen LogP contribution is -2.37. The molecule has 0 radical (unpaired) electrons. The highest BCUT2D eigenvalue weighted by Crippen LogP contribution is 2.32. The lowest BCUT2D eigenvalue weighted by molar-refractivity contribution is -0.134. The van der Waals surface area contributed by atoms with Crippen LogP contribution >= 0.6 is 11.8 Å². The number of likely N-dealkylation sites (tertiary alicyclic amines) is 1. The van der Waals surface area contributed by atoms with Crippen LogP contribution in [0.5, 0.6) is 0 Å². The molecule has 146 valence electrons. The van der Waals surface area contributed by atoms with Gasteiger partial charge in [0.05, 0.1) is 5.92 Å². The minimum absolute atomic E-state index is 0.0136. The van der Waals surface area contributed by atoms with Crippen LogP contribution in [0.1, 0.15) is 17.9 Å². The van der Waals surface area contributed by atoms with Gasteiger partial charge in [0.1, 0.15) is 0 Å². The highest BCUT2D eigenvalue weighted by molar-refractivity contribution is 7.98. The van der Waals surface area contributed by atoms with Crippen LogP contribution in [0.4, 0.5) is 5.69 Å². The largest absolute Gasteiger partial charge is 0.340 e. The zero-order chi connectivity index (χ0) is 19.7. The second-order valence-electron chi connectivity index (χ2n) is 7.53. The Hall–Kier alpha value is -2.31. The number of carbonyl (C=O) groups excluding carboxylic acids is 2. The van der Waals surface area contributed by atoms with E-state index < -0.39 is 0 Å². The summed E-state index contributed by atoms with van der Waals surface area (Å²) in [6, 6.07) is 18.0. The molecule has 0 aliphatic carbocycles. The Balaban J connectivity index is 1.45. The quantitative estimate of drug-likeness (QED) is 0.809. The van der Waals surface area contributed by atoms with Gasteiger partial charge in [-0.3, -0.25) is 9.59 Å². The molecule has 2 amide bonds. The molecule has 28 heavy (non-hydrogen) atoms. The van der Waals surface area contributed by atoms with Gasteiger partial charge in [0.15, 0.2) is 0 Å². The number of amides is 2. The van der Waals surface area contributed by atoms with Crippen molar-refractivity contribution in [3.8, 4) is 0 Å². The fourth-order valence-electron chi connectivity index (χ4n) is 4.22. The molecule has 2 fully saturated rings. The van der Waals surface area contributed by atoms with Gasteiger partial charge >= 0.3 is 0 Å². The summed E-state index contributed by atoms with van der Waals surface area (Å²) < 4.78 is 0. The Morgan fingerprint density at radius 2 is 1.86 bits per heavy atom. The maximum atomic E-state index is 13.1. The first kappa shape index (κ1) is 19.0. The molecule has 6 heteroatoms. The van der Waals surface area contributed by atoms with Crippen molar-refractivity contribution in [1.29, 1.82) is 0 Å². The maximum absolute atomic E-state index is 13.1. The van der Waals surface area contributed by atoms with Gasteiger partial charge in [0.25, 0.3) is 0 Å². The average molecular weight is 396 g/mol. The second kappa shape index (κ2) is 7.97. The standard InChI is InChI=1S/C22H25N3O2S/c1-28-18-9-5-8-17(11-18)25-12-16(10-21(25)26)22(27)24-13-19(20(23)14-24)15-6-3-2-4-7-15/h2-9,11,16,19-20H,10,12-14,23H2,1H3/t16?,19-,20+/m0/s1. The van der Waals surface area contributed by atoms with Crippen molar-refractivity contribution in [1.82, 2.24) is 4.90 Å². The minimum atomic E-state index is -0.299.